The van der Waals surface area contributed by atoms with Crippen molar-refractivity contribution in [3.63, 3.8) is 0 Å². The van der Waals surface area contributed by atoms with Crippen molar-refractivity contribution in [1.29, 1.82) is 0 Å². The van der Waals surface area contributed by atoms with Crippen LogP contribution in [0, 0.1) is 24.2 Å². The Morgan fingerprint density at radius 1 is 1.00 bits per heavy atom. The number of rotatable bonds is 0. The monoisotopic (exact) mass is 192 g/mol. The third-order valence-corrected chi connectivity index (χ3v) is 4.73. The van der Waals surface area contributed by atoms with Crippen molar-refractivity contribution in [2.24, 2.45) is 17.8 Å². The van der Waals surface area contributed by atoms with E-state index in [2.05, 4.69) is 11.7 Å². The Morgan fingerprint density at radius 3 is 2.93 bits per heavy atom. The molecule has 1 aliphatic heterocycles. The van der Waals surface area contributed by atoms with Gasteiger partial charge in [0.05, 0.1) is 0 Å². The molecular weight excluding hydrogens is 170 g/mol. The molecule has 3 aliphatic rings. The van der Waals surface area contributed by atoms with E-state index in [0.717, 1.165) is 23.8 Å². The summed E-state index contributed by atoms with van der Waals surface area (Å²) in [5.74, 6) is 3.00. The van der Waals surface area contributed by atoms with E-state index in [1.807, 2.05) is 0 Å². The van der Waals surface area contributed by atoms with E-state index in [4.69, 9.17) is 0 Å². The lowest BCUT2D eigenvalue weighted by atomic mass is 9.64. The summed E-state index contributed by atoms with van der Waals surface area (Å²) >= 11 is 0. The minimum atomic E-state index is 0.850. The van der Waals surface area contributed by atoms with Crippen molar-refractivity contribution in [1.82, 2.24) is 5.32 Å². The first kappa shape index (κ1) is 9.21. The lowest BCUT2D eigenvalue weighted by Gasteiger charge is -2.48. The maximum atomic E-state index is 3.79. The predicted molar refractivity (Wildman–Crippen MR) is 58.9 cm³/mol. The van der Waals surface area contributed by atoms with Crippen LogP contribution in [-0.4, -0.2) is 12.6 Å². The molecule has 0 spiro atoms. The average molecular weight is 192 g/mol. The number of nitrogens with one attached hydrogen (secondary N) is 1. The maximum absolute atomic E-state index is 3.79. The highest BCUT2D eigenvalue weighted by atomic mass is 14.9. The summed E-state index contributed by atoms with van der Waals surface area (Å²) < 4.78 is 0. The topological polar surface area (TPSA) is 12.0 Å². The quantitative estimate of drug-likeness (QED) is 0.622. The molecule has 3 rings (SSSR count). The first-order chi connectivity index (χ1) is 6.95. The van der Waals surface area contributed by atoms with Crippen LogP contribution in [0.1, 0.15) is 44.9 Å². The van der Waals surface area contributed by atoms with Gasteiger partial charge in [-0.3, -0.25) is 0 Å². The molecule has 1 saturated heterocycles. The van der Waals surface area contributed by atoms with Gasteiger partial charge in [0.2, 0.25) is 0 Å². The van der Waals surface area contributed by atoms with Crippen LogP contribution >= 0.6 is 0 Å². The fourth-order valence-corrected chi connectivity index (χ4v) is 4.02. The first-order valence-electron chi connectivity index (χ1n) is 6.52. The second-order valence-electron chi connectivity index (χ2n) is 5.47. The summed E-state index contributed by atoms with van der Waals surface area (Å²) in [6.45, 7) is 1.32. The van der Waals surface area contributed by atoms with Gasteiger partial charge in [-0.1, -0.05) is 19.3 Å². The van der Waals surface area contributed by atoms with Crippen molar-refractivity contribution in [2.75, 3.05) is 6.54 Å². The van der Waals surface area contributed by atoms with Crippen LogP contribution in [0.3, 0.4) is 0 Å². The molecule has 0 aromatic carbocycles. The molecule has 79 valence electrons. The highest BCUT2D eigenvalue weighted by Gasteiger charge is 2.40. The van der Waals surface area contributed by atoms with Gasteiger partial charge >= 0.3 is 0 Å². The van der Waals surface area contributed by atoms with E-state index < -0.39 is 0 Å². The van der Waals surface area contributed by atoms with Crippen LogP contribution in [0.15, 0.2) is 0 Å². The van der Waals surface area contributed by atoms with Gasteiger partial charge in [0.15, 0.2) is 0 Å². The van der Waals surface area contributed by atoms with Crippen LogP contribution in [-0.2, 0) is 0 Å². The Balaban J connectivity index is 1.74. The van der Waals surface area contributed by atoms with Gasteiger partial charge in [0, 0.05) is 6.04 Å². The van der Waals surface area contributed by atoms with E-state index in [1.165, 1.54) is 51.5 Å². The molecule has 1 heterocycles. The minimum Gasteiger partial charge on any atom is -0.313 e. The smallest absolute Gasteiger partial charge is 0.0101 e. The molecule has 3 fully saturated rings. The van der Waals surface area contributed by atoms with E-state index in [0.29, 0.717) is 0 Å². The molecule has 0 aromatic rings. The molecule has 14 heavy (non-hydrogen) atoms. The average Bonchev–Trinajstić information content (AvgIpc) is 2.29. The van der Waals surface area contributed by atoms with Crippen LogP contribution in [0.5, 0.6) is 0 Å². The second kappa shape index (κ2) is 3.84. The predicted octanol–water partition coefficient (Wildman–Crippen LogP) is 2.77. The lowest BCUT2D eigenvalue weighted by Crippen LogP contribution is -2.53. The van der Waals surface area contributed by atoms with Crippen molar-refractivity contribution in [3.8, 4) is 0 Å². The first-order valence-corrected chi connectivity index (χ1v) is 6.52. The molecule has 2 aliphatic carbocycles. The normalized spacial score (nSPS) is 48.0. The standard InChI is InChI=1S/C13H22N/c1-2-6-11-10(5-1)9-14-13-8-4-3-7-12(11)13/h7,10-14H,1-6,8-9H2. The second-order valence-corrected chi connectivity index (χ2v) is 5.47. The zero-order valence-electron chi connectivity index (χ0n) is 9.04. The van der Waals surface area contributed by atoms with Crippen LogP contribution in [0.25, 0.3) is 0 Å². The van der Waals surface area contributed by atoms with Crippen LogP contribution in [0.2, 0.25) is 0 Å². The molecular formula is C13H22N. The zero-order chi connectivity index (χ0) is 9.38. The summed E-state index contributed by atoms with van der Waals surface area (Å²) in [5.41, 5.74) is 0. The Labute approximate surface area is 87.7 Å². The van der Waals surface area contributed by atoms with Gasteiger partial charge in [-0.15, -0.1) is 0 Å². The van der Waals surface area contributed by atoms with E-state index in [9.17, 15) is 0 Å². The van der Waals surface area contributed by atoms with Gasteiger partial charge in [-0.05, 0) is 56.4 Å². The highest BCUT2D eigenvalue weighted by Crippen LogP contribution is 2.43. The highest BCUT2D eigenvalue weighted by molar-refractivity contribution is 5.01. The number of fused-ring (bicyclic) bond motifs is 3. The molecule has 0 bridgehead atoms. The molecule has 1 heteroatoms. The Bertz CT molecular complexity index is 179. The van der Waals surface area contributed by atoms with Gasteiger partial charge in [0.25, 0.3) is 0 Å². The number of hydrogen-bond acceptors (Lipinski definition) is 1. The summed E-state index contributed by atoms with van der Waals surface area (Å²) in [7, 11) is 0. The Kier molecular flexibility index (Phi) is 2.53. The van der Waals surface area contributed by atoms with E-state index >= 15 is 0 Å². The summed E-state index contributed by atoms with van der Waals surface area (Å²) in [6, 6.07) is 0.850. The van der Waals surface area contributed by atoms with E-state index in [1.54, 1.807) is 0 Å². The van der Waals surface area contributed by atoms with Crippen molar-refractivity contribution in [3.05, 3.63) is 6.42 Å². The molecule has 4 atom stereocenters. The molecule has 1 N–H and O–H groups in total. The van der Waals surface area contributed by atoms with Crippen LogP contribution in [0.4, 0.5) is 0 Å². The summed E-state index contributed by atoms with van der Waals surface area (Å²) in [4.78, 5) is 0. The summed E-state index contributed by atoms with van der Waals surface area (Å²) in [6.07, 6.45) is 12.9. The van der Waals surface area contributed by atoms with Crippen molar-refractivity contribution in [2.45, 2.75) is 51.0 Å². The van der Waals surface area contributed by atoms with Gasteiger partial charge in [-0.2, -0.15) is 0 Å². The molecule has 0 amide bonds. The third-order valence-electron chi connectivity index (χ3n) is 4.73. The van der Waals surface area contributed by atoms with Gasteiger partial charge in [0.1, 0.15) is 0 Å². The lowest BCUT2D eigenvalue weighted by molar-refractivity contribution is 0.0830. The largest absolute Gasteiger partial charge is 0.313 e. The van der Waals surface area contributed by atoms with Gasteiger partial charge in [-0.25, -0.2) is 0 Å². The van der Waals surface area contributed by atoms with Crippen molar-refractivity contribution < 1.29 is 0 Å². The van der Waals surface area contributed by atoms with E-state index in [-0.39, 0.29) is 0 Å². The number of hydrogen-bond donors (Lipinski definition) is 1. The zero-order valence-corrected chi connectivity index (χ0v) is 9.04. The molecule has 0 aromatic heterocycles. The molecule has 1 radical (unpaired) electrons. The fraction of sp³-hybridized carbons (Fsp3) is 0.923. The minimum absolute atomic E-state index is 0.850. The summed E-state index contributed by atoms with van der Waals surface area (Å²) in [5, 5.41) is 3.79. The Hall–Kier alpha value is -0.0400. The molecule has 4 unspecified atom stereocenters. The maximum Gasteiger partial charge on any atom is 0.0101 e. The van der Waals surface area contributed by atoms with Crippen LogP contribution < -0.4 is 5.32 Å². The Morgan fingerprint density at radius 2 is 1.93 bits per heavy atom. The fourth-order valence-electron chi connectivity index (χ4n) is 4.02. The van der Waals surface area contributed by atoms with Gasteiger partial charge < -0.3 is 5.32 Å². The molecule has 1 nitrogen and oxygen atoms in total. The SMILES string of the molecule is [CH]1CCCC2NCC3CCCCC3C12. The van der Waals surface area contributed by atoms with Crippen molar-refractivity contribution >= 4 is 0 Å². The number of piperidine rings is 1. The molecule has 2 saturated carbocycles. The third kappa shape index (κ3) is 1.50.